The average molecular weight is 379 g/mol. The highest BCUT2D eigenvalue weighted by atomic mass is 35.5. The summed E-state index contributed by atoms with van der Waals surface area (Å²) in [6, 6.07) is 7.61. The van der Waals surface area contributed by atoms with E-state index in [1.807, 2.05) is 45.0 Å². The summed E-state index contributed by atoms with van der Waals surface area (Å²) in [7, 11) is 0. The van der Waals surface area contributed by atoms with Crippen LogP contribution in [0.5, 0.6) is 0 Å². The molecule has 0 radical (unpaired) electrons. The molecular formula is C18H23ClN4OS. The maximum atomic E-state index is 11.9. The molecule has 0 saturated heterocycles. The normalized spacial score (nSPS) is 12.0. The fraction of sp³-hybridized carbons (Fsp3) is 0.389. The highest BCUT2D eigenvalue weighted by Crippen LogP contribution is 2.30. The number of anilines is 1. The number of halogens is 1. The Bertz CT molecular complexity index is 737. The van der Waals surface area contributed by atoms with Gasteiger partial charge in [-0.1, -0.05) is 49.3 Å². The van der Waals surface area contributed by atoms with Gasteiger partial charge in [-0.15, -0.1) is 0 Å². The van der Waals surface area contributed by atoms with Crippen LogP contribution in [-0.2, 0) is 11.2 Å². The highest BCUT2D eigenvalue weighted by Gasteiger charge is 2.15. The molecule has 3 N–H and O–H groups in total. The maximum absolute atomic E-state index is 11.9. The van der Waals surface area contributed by atoms with Crippen molar-refractivity contribution in [3.05, 3.63) is 35.0 Å². The lowest BCUT2D eigenvalue weighted by Gasteiger charge is -2.13. The molecule has 0 aliphatic heterocycles. The van der Waals surface area contributed by atoms with Gasteiger partial charge in [0.1, 0.15) is 5.82 Å². The molecule has 1 heterocycles. The number of aromatic nitrogens is 2. The molecule has 1 atom stereocenters. The monoisotopic (exact) mass is 378 g/mol. The summed E-state index contributed by atoms with van der Waals surface area (Å²) >= 11 is 7.25. The minimum atomic E-state index is -0.0265. The number of benzene rings is 1. The molecule has 0 fully saturated rings. The first-order valence-corrected chi connectivity index (χ1v) is 9.65. The average Bonchev–Trinajstić information content (AvgIpc) is 2.60. The van der Waals surface area contributed by atoms with Gasteiger partial charge in [-0.05, 0) is 37.5 Å². The van der Waals surface area contributed by atoms with Crippen molar-refractivity contribution in [1.29, 1.82) is 0 Å². The molecule has 0 aliphatic rings. The molecule has 5 nitrogen and oxygen atoms in total. The Morgan fingerprint density at radius 1 is 1.28 bits per heavy atom. The lowest BCUT2D eigenvalue weighted by atomic mass is 10.0. The first-order valence-electron chi connectivity index (χ1n) is 8.29. The third-order valence-corrected chi connectivity index (χ3v) is 4.91. The lowest BCUT2D eigenvalue weighted by molar-refractivity contribution is -0.119. The number of hydrogen-bond acceptors (Lipinski definition) is 5. The van der Waals surface area contributed by atoms with Crippen LogP contribution in [-0.4, -0.2) is 27.7 Å². The Balaban J connectivity index is 2.19. The van der Waals surface area contributed by atoms with Gasteiger partial charge in [0.25, 0.3) is 0 Å². The minimum Gasteiger partial charge on any atom is -0.383 e. The summed E-state index contributed by atoms with van der Waals surface area (Å²) < 4.78 is 0. The van der Waals surface area contributed by atoms with E-state index in [0.29, 0.717) is 16.0 Å². The van der Waals surface area contributed by atoms with Crippen molar-refractivity contribution in [2.24, 2.45) is 0 Å². The van der Waals surface area contributed by atoms with Gasteiger partial charge < -0.3 is 11.1 Å². The van der Waals surface area contributed by atoms with Crippen molar-refractivity contribution >= 4 is 35.1 Å². The summed E-state index contributed by atoms with van der Waals surface area (Å²) in [4.78, 5) is 20.9. The van der Waals surface area contributed by atoms with Crippen molar-refractivity contribution in [3.8, 4) is 11.1 Å². The van der Waals surface area contributed by atoms with E-state index in [0.717, 1.165) is 29.7 Å². The largest absolute Gasteiger partial charge is 0.383 e. The zero-order chi connectivity index (χ0) is 18.4. The number of nitrogen functional groups attached to an aromatic ring is 1. The standard InChI is InChI=1S/C18H23ClN4OS/c1-4-11(3)21-15(24)10-25-18-22-14(5-2)16(17(20)23-18)12-6-8-13(19)9-7-12/h6-9,11H,4-5,10H2,1-3H3,(H,21,24)(H2,20,22,23)/t11-/m1/s1. The van der Waals surface area contributed by atoms with Gasteiger partial charge in [0.05, 0.1) is 11.4 Å². The predicted octanol–water partition coefficient (Wildman–Crippen LogP) is 3.95. The Kier molecular flexibility index (Phi) is 7.08. The molecular weight excluding hydrogens is 356 g/mol. The molecule has 0 saturated carbocycles. The zero-order valence-electron chi connectivity index (χ0n) is 14.7. The van der Waals surface area contributed by atoms with Gasteiger partial charge in [-0.2, -0.15) is 0 Å². The van der Waals surface area contributed by atoms with E-state index in [9.17, 15) is 4.79 Å². The Morgan fingerprint density at radius 3 is 2.56 bits per heavy atom. The van der Waals surface area contributed by atoms with Crippen LogP contribution in [0.25, 0.3) is 11.1 Å². The second kappa shape index (κ2) is 9.06. The maximum Gasteiger partial charge on any atom is 0.230 e. The summed E-state index contributed by atoms with van der Waals surface area (Å²) in [5.41, 5.74) is 8.80. The SMILES string of the molecule is CCc1nc(SCC(=O)N[C@H](C)CC)nc(N)c1-c1ccc(Cl)cc1. The summed E-state index contributed by atoms with van der Waals surface area (Å²) in [6.45, 7) is 6.03. The van der Waals surface area contributed by atoms with E-state index in [-0.39, 0.29) is 17.7 Å². The van der Waals surface area contributed by atoms with Crippen LogP contribution in [0.2, 0.25) is 5.02 Å². The first kappa shape index (κ1) is 19.5. The number of amides is 1. The summed E-state index contributed by atoms with van der Waals surface area (Å²) in [6.07, 6.45) is 1.62. The highest BCUT2D eigenvalue weighted by molar-refractivity contribution is 7.99. The van der Waals surface area contributed by atoms with Gasteiger partial charge in [0.2, 0.25) is 5.91 Å². The van der Waals surface area contributed by atoms with Crippen LogP contribution in [0.1, 0.15) is 32.9 Å². The van der Waals surface area contributed by atoms with E-state index < -0.39 is 0 Å². The van der Waals surface area contributed by atoms with E-state index in [4.69, 9.17) is 17.3 Å². The van der Waals surface area contributed by atoms with Crippen molar-refractivity contribution in [1.82, 2.24) is 15.3 Å². The molecule has 0 bridgehead atoms. The number of nitrogens with one attached hydrogen (secondary N) is 1. The molecule has 134 valence electrons. The zero-order valence-corrected chi connectivity index (χ0v) is 16.2. The summed E-state index contributed by atoms with van der Waals surface area (Å²) in [5, 5.41) is 4.11. The minimum absolute atomic E-state index is 0.0265. The third kappa shape index (κ3) is 5.34. The number of hydrogen-bond donors (Lipinski definition) is 2. The molecule has 25 heavy (non-hydrogen) atoms. The van der Waals surface area contributed by atoms with Crippen molar-refractivity contribution in [2.75, 3.05) is 11.5 Å². The van der Waals surface area contributed by atoms with Gasteiger partial charge in [0, 0.05) is 16.6 Å². The first-order chi connectivity index (χ1) is 11.9. The van der Waals surface area contributed by atoms with E-state index in [2.05, 4.69) is 15.3 Å². The Hall–Kier alpha value is -1.79. The Labute approximate surface area is 157 Å². The van der Waals surface area contributed by atoms with E-state index in [1.165, 1.54) is 11.8 Å². The van der Waals surface area contributed by atoms with E-state index in [1.54, 1.807) is 0 Å². The quantitative estimate of drug-likeness (QED) is 0.563. The number of carbonyl (C=O) groups is 1. The van der Waals surface area contributed by atoms with Crippen LogP contribution >= 0.6 is 23.4 Å². The fourth-order valence-corrected chi connectivity index (χ4v) is 3.11. The van der Waals surface area contributed by atoms with Gasteiger partial charge in [-0.3, -0.25) is 4.79 Å². The fourth-order valence-electron chi connectivity index (χ4n) is 2.30. The van der Waals surface area contributed by atoms with Gasteiger partial charge in [0.15, 0.2) is 5.16 Å². The number of nitrogens with zero attached hydrogens (tertiary/aromatic N) is 2. The Morgan fingerprint density at radius 2 is 1.96 bits per heavy atom. The molecule has 2 aromatic rings. The number of carbonyl (C=O) groups excluding carboxylic acids is 1. The number of aryl methyl sites for hydroxylation is 1. The summed E-state index contributed by atoms with van der Waals surface area (Å²) in [5.74, 6) is 0.660. The topological polar surface area (TPSA) is 80.9 Å². The van der Waals surface area contributed by atoms with Gasteiger partial charge in [-0.25, -0.2) is 9.97 Å². The smallest absolute Gasteiger partial charge is 0.230 e. The molecule has 0 unspecified atom stereocenters. The van der Waals surface area contributed by atoms with Crippen molar-refractivity contribution in [3.63, 3.8) is 0 Å². The second-order valence-corrected chi connectivity index (χ2v) is 7.12. The third-order valence-electron chi connectivity index (χ3n) is 3.81. The van der Waals surface area contributed by atoms with Crippen LogP contribution in [0.4, 0.5) is 5.82 Å². The molecule has 1 aromatic heterocycles. The van der Waals surface area contributed by atoms with Crippen molar-refractivity contribution in [2.45, 2.75) is 44.8 Å². The number of thioether (sulfide) groups is 1. The molecule has 2 rings (SSSR count). The molecule has 0 aliphatic carbocycles. The molecule has 0 spiro atoms. The predicted molar refractivity (Wildman–Crippen MR) is 105 cm³/mol. The van der Waals surface area contributed by atoms with Crippen LogP contribution in [0, 0.1) is 0 Å². The molecule has 1 aromatic carbocycles. The van der Waals surface area contributed by atoms with Crippen LogP contribution < -0.4 is 11.1 Å². The van der Waals surface area contributed by atoms with Gasteiger partial charge >= 0.3 is 0 Å². The molecule has 1 amide bonds. The van der Waals surface area contributed by atoms with E-state index >= 15 is 0 Å². The van der Waals surface area contributed by atoms with Crippen molar-refractivity contribution < 1.29 is 4.79 Å². The number of rotatable bonds is 7. The second-order valence-electron chi connectivity index (χ2n) is 5.74. The van der Waals surface area contributed by atoms with Crippen LogP contribution in [0.3, 0.4) is 0 Å². The van der Waals surface area contributed by atoms with Crippen LogP contribution in [0.15, 0.2) is 29.4 Å². The number of nitrogens with two attached hydrogens (primary N) is 1. The lowest BCUT2D eigenvalue weighted by Crippen LogP contribution is -2.33. The molecule has 7 heteroatoms.